The molecule has 0 radical (unpaired) electrons. The molecule has 0 saturated carbocycles. The van der Waals surface area contributed by atoms with Crippen LogP contribution in [0.1, 0.15) is 18.1 Å². The minimum atomic E-state index is -4.44. The van der Waals surface area contributed by atoms with E-state index in [0.29, 0.717) is 0 Å². The molecule has 0 unspecified atom stereocenters. The number of alkyl halides is 3. The van der Waals surface area contributed by atoms with Gasteiger partial charge in [0, 0.05) is 10.6 Å². The largest absolute Gasteiger partial charge is 0.452 e. The van der Waals surface area contributed by atoms with Crippen molar-refractivity contribution in [2.45, 2.75) is 31.0 Å². The molecule has 0 aliphatic heterocycles. The molecule has 0 saturated heterocycles. The highest BCUT2D eigenvalue weighted by Gasteiger charge is 2.30. The second-order valence-electron chi connectivity index (χ2n) is 5.75. The van der Waals surface area contributed by atoms with E-state index in [2.05, 4.69) is 5.32 Å². The van der Waals surface area contributed by atoms with Crippen molar-refractivity contribution in [3.63, 3.8) is 0 Å². The summed E-state index contributed by atoms with van der Waals surface area (Å²) in [7, 11) is 0. The van der Waals surface area contributed by atoms with Gasteiger partial charge < -0.3 is 10.1 Å². The number of esters is 1. The maximum absolute atomic E-state index is 12.5. The first kappa shape index (κ1) is 20.8. The van der Waals surface area contributed by atoms with Crippen LogP contribution in [-0.4, -0.2) is 23.7 Å². The van der Waals surface area contributed by atoms with Crippen LogP contribution < -0.4 is 5.32 Å². The number of amides is 1. The molecule has 27 heavy (non-hydrogen) atoms. The van der Waals surface area contributed by atoms with E-state index >= 15 is 0 Å². The van der Waals surface area contributed by atoms with E-state index in [1.54, 1.807) is 0 Å². The standard InChI is InChI=1S/C19H18F3NO3S/c1-12-5-3-4-6-16(12)27-11-17(24)26-13(2)18(25)23-15-9-7-14(8-10-15)19(20,21)22/h3-10,13H,11H2,1-2H3,(H,23,25)/t13-/m1/s1. The van der Waals surface area contributed by atoms with Crippen LogP contribution >= 0.6 is 11.8 Å². The Morgan fingerprint density at radius 2 is 1.74 bits per heavy atom. The Morgan fingerprint density at radius 1 is 1.11 bits per heavy atom. The summed E-state index contributed by atoms with van der Waals surface area (Å²) >= 11 is 1.30. The molecular formula is C19H18F3NO3S. The summed E-state index contributed by atoms with van der Waals surface area (Å²) < 4.78 is 42.7. The van der Waals surface area contributed by atoms with Crippen molar-refractivity contribution in [1.29, 1.82) is 0 Å². The van der Waals surface area contributed by atoms with Crippen LogP contribution in [0.15, 0.2) is 53.4 Å². The lowest BCUT2D eigenvalue weighted by Gasteiger charge is -2.14. The van der Waals surface area contributed by atoms with E-state index in [9.17, 15) is 22.8 Å². The first-order valence-corrected chi connectivity index (χ1v) is 9.01. The number of nitrogens with one attached hydrogen (secondary N) is 1. The van der Waals surface area contributed by atoms with Crippen molar-refractivity contribution in [1.82, 2.24) is 0 Å². The first-order chi connectivity index (χ1) is 12.7. The molecular weight excluding hydrogens is 379 g/mol. The summed E-state index contributed by atoms with van der Waals surface area (Å²) in [6.45, 7) is 3.32. The van der Waals surface area contributed by atoms with Crippen LogP contribution in [0.4, 0.5) is 18.9 Å². The third kappa shape index (κ3) is 6.32. The number of carbonyl (C=O) groups excluding carboxylic acids is 2. The minimum Gasteiger partial charge on any atom is -0.452 e. The third-order valence-corrected chi connectivity index (χ3v) is 4.75. The number of benzene rings is 2. The molecule has 2 aromatic carbocycles. The molecule has 1 atom stereocenters. The fourth-order valence-corrected chi connectivity index (χ4v) is 2.94. The number of halogens is 3. The van der Waals surface area contributed by atoms with Gasteiger partial charge in [0.2, 0.25) is 0 Å². The molecule has 0 aliphatic carbocycles. The van der Waals surface area contributed by atoms with Crippen molar-refractivity contribution < 1.29 is 27.5 Å². The van der Waals surface area contributed by atoms with Gasteiger partial charge in [-0.1, -0.05) is 18.2 Å². The van der Waals surface area contributed by atoms with Crippen molar-refractivity contribution in [2.24, 2.45) is 0 Å². The summed E-state index contributed by atoms with van der Waals surface area (Å²) in [6, 6.07) is 11.6. The maximum atomic E-state index is 12.5. The van der Waals surface area contributed by atoms with Gasteiger partial charge in [0.1, 0.15) is 0 Å². The van der Waals surface area contributed by atoms with Gasteiger partial charge in [-0.25, -0.2) is 0 Å². The van der Waals surface area contributed by atoms with Gasteiger partial charge in [0.25, 0.3) is 5.91 Å². The molecule has 2 aromatic rings. The summed E-state index contributed by atoms with van der Waals surface area (Å²) in [4.78, 5) is 24.9. The van der Waals surface area contributed by atoms with Gasteiger partial charge in [-0.3, -0.25) is 9.59 Å². The number of anilines is 1. The molecule has 0 aromatic heterocycles. The Labute approximate surface area is 159 Å². The number of carbonyl (C=O) groups is 2. The third-order valence-electron chi connectivity index (χ3n) is 3.60. The first-order valence-electron chi connectivity index (χ1n) is 8.03. The number of aryl methyl sites for hydroxylation is 1. The van der Waals surface area contributed by atoms with Gasteiger partial charge in [0.15, 0.2) is 6.10 Å². The van der Waals surface area contributed by atoms with E-state index in [4.69, 9.17) is 4.74 Å². The average molecular weight is 397 g/mol. The zero-order valence-corrected chi connectivity index (χ0v) is 15.5. The normalized spacial score (nSPS) is 12.3. The van der Waals surface area contributed by atoms with Crippen molar-refractivity contribution in [2.75, 3.05) is 11.1 Å². The summed E-state index contributed by atoms with van der Waals surface area (Å²) in [5, 5.41) is 2.42. The second-order valence-corrected chi connectivity index (χ2v) is 6.77. The molecule has 1 N–H and O–H groups in total. The zero-order valence-electron chi connectivity index (χ0n) is 14.7. The molecule has 0 aliphatic rings. The highest BCUT2D eigenvalue weighted by molar-refractivity contribution is 8.00. The van der Waals surface area contributed by atoms with Crippen LogP contribution in [-0.2, 0) is 20.5 Å². The highest BCUT2D eigenvalue weighted by Crippen LogP contribution is 2.29. The molecule has 8 heteroatoms. The molecule has 0 fully saturated rings. The Balaban J connectivity index is 1.84. The lowest BCUT2D eigenvalue weighted by molar-refractivity contribution is -0.150. The fraction of sp³-hybridized carbons (Fsp3) is 0.263. The number of hydrogen-bond acceptors (Lipinski definition) is 4. The van der Waals surface area contributed by atoms with Crippen LogP contribution in [0.3, 0.4) is 0 Å². The quantitative estimate of drug-likeness (QED) is 0.568. The van der Waals surface area contributed by atoms with E-state index in [0.717, 1.165) is 34.7 Å². The maximum Gasteiger partial charge on any atom is 0.416 e. The van der Waals surface area contributed by atoms with Crippen LogP contribution in [0.2, 0.25) is 0 Å². The summed E-state index contributed by atoms with van der Waals surface area (Å²) in [5.74, 6) is -1.13. The highest BCUT2D eigenvalue weighted by atomic mass is 32.2. The summed E-state index contributed by atoms with van der Waals surface area (Å²) in [6.07, 6.45) is -5.52. The Hall–Kier alpha value is -2.48. The number of rotatable bonds is 6. The van der Waals surface area contributed by atoms with Gasteiger partial charge in [-0.15, -0.1) is 11.8 Å². The Kier molecular flexibility index (Phi) is 6.90. The lowest BCUT2D eigenvalue weighted by atomic mass is 10.2. The lowest BCUT2D eigenvalue weighted by Crippen LogP contribution is -2.30. The van der Waals surface area contributed by atoms with Crippen LogP contribution in [0, 0.1) is 6.92 Å². The Morgan fingerprint density at radius 3 is 2.33 bits per heavy atom. The van der Waals surface area contributed by atoms with Crippen molar-refractivity contribution >= 4 is 29.3 Å². The number of thioether (sulfide) groups is 1. The van der Waals surface area contributed by atoms with Crippen molar-refractivity contribution in [3.05, 3.63) is 59.7 Å². The predicted octanol–water partition coefficient (Wildman–Crippen LogP) is 4.68. The molecule has 2 rings (SSSR count). The molecule has 0 spiro atoms. The van der Waals surface area contributed by atoms with E-state index in [1.165, 1.54) is 18.7 Å². The predicted molar refractivity (Wildman–Crippen MR) is 97.5 cm³/mol. The molecule has 0 heterocycles. The smallest absolute Gasteiger partial charge is 0.416 e. The number of hydrogen-bond donors (Lipinski definition) is 1. The van der Waals surface area contributed by atoms with Gasteiger partial charge >= 0.3 is 12.1 Å². The SMILES string of the molecule is Cc1ccccc1SCC(=O)O[C@H](C)C(=O)Nc1ccc(C(F)(F)F)cc1. The molecule has 144 valence electrons. The minimum absolute atomic E-state index is 0.0444. The van der Waals surface area contributed by atoms with Crippen LogP contribution in [0.5, 0.6) is 0 Å². The molecule has 0 bridgehead atoms. The van der Waals surface area contributed by atoms with E-state index in [-0.39, 0.29) is 11.4 Å². The van der Waals surface area contributed by atoms with Crippen molar-refractivity contribution in [3.8, 4) is 0 Å². The number of ether oxygens (including phenoxy) is 1. The van der Waals surface area contributed by atoms with Gasteiger partial charge in [-0.05, 0) is 49.7 Å². The van der Waals surface area contributed by atoms with Gasteiger partial charge in [-0.2, -0.15) is 13.2 Å². The second kappa shape index (κ2) is 8.94. The van der Waals surface area contributed by atoms with Gasteiger partial charge in [0.05, 0.1) is 11.3 Å². The van der Waals surface area contributed by atoms with Crippen LogP contribution in [0.25, 0.3) is 0 Å². The van der Waals surface area contributed by atoms with E-state index < -0.39 is 29.7 Å². The topological polar surface area (TPSA) is 55.4 Å². The monoisotopic (exact) mass is 397 g/mol. The molecule has 4 nitrogen and oxygen atoms in total. The average Bonchev–Trinajstić information content (AvgIpc) is 2.60. The molecule has 1 amide bonds. The zero-order chi connectivity index (χ0) is 20.0. The summed E-state index contributed by atoms with van der Waals surface area (Å²) in [5.41, 5.74) is 0.404. The van der Waals surface area contributed by atoms with E-state index in [1.807, 2.05) is 31.2 Å². The Bertz CT molecular complexity index is 807. The fourth-order valence-electron chi connectivity index (χ4n) is 2.13.